The van der Waals surface area contributed by atoms with E-state index in [4.69, 9.17) is 21.3 Å². The van der Waals surface area contributed by atoms with E-state index in [1.807, 2.05) is 24.3 Å². The van der Waals surface area contributed by atoms with Crippen LogP contribution < -0.4 is 15.0 Å². The summed E-state index contributed by atoms with van der Waals surface area (Å²) in [7, 11) is 0. The van der Waals surface area contributed by atoms with Crippen molar-refractivity contribution in [1.82, 2.24) is 20.2 Å². The second kappa shape index (κ2) is 10.7. The summed E-state index contributed by atoms with van der Waals surface area (Å²) in [5.74, 6) is 0.163. The van der Waals surface area contributed by atoms with Crippen LogP contribution in [0.1, 0.15) is 32.1 Å². The quantitative estimate of drug-likeness (QED) is 0.310. The van der Waals surface area contributed by atoms with Crippen LogP contribution in [0.2, 0.25) is 5.02 Å². The van der Waals surface area contributed by atoms with Gasteiger partial charge in [0.25, 0.3) is 0 Å². The fourth-order valence-corrected chi connectivity index (χ4v) is 6.93. The highest BCUT2D eigenvalue weighted by molar-refractivity contribution is 6.35. The molecule has 208 valence electrons. The van der Waals surface area contributed by atoms with Crippen LogP contribution >= 0.6 is 11.6 Å². The molecule has 9 heteroatoms. The predicted molar refractivity (Wildman–Crippen MR) is 157 cm³/mol. The van der Waals surface area contributed by atoms with Crippen molar-refractivity contribution in [3.8, 4) is 22.9 Å². The van der Waals surface area contributed by atoms with E-state index in [0.717, 1.165) is 56.3 Å². The number of benzene rings is 3. The van der Waals surface area contributed by atoms with E-state index in [-0.39, 0.29) is 27.9 Å². The van der Waals surface area contributed by atoms with Crippen LogP contribution in [-0.4, -0.2) is 71.4 Å². The molecule has 0 aliphatic carbocycles. The second-order valence-electron chi connectivity index (χ2n) is 11.3. The highest BCUT2D eigenvalue weighted by atomic mass is 35.5. The topological polar surface area (TPSA) is 73.8 Å². The van der Waals surface area contributed by atoms with Crippen LogP contribution in [0.5, 0.6) is 11.8 Å². The number of aromatic hydroxyl groups is 1. The molecule has 0 saturated carbocycles. The van der Waals surface area contributed by atoms with Crippen LogP contribution in [0, 0.1) is 5.82 Å². The minimum Gasteiger partial charge on any atom is -0.508 e. The molecule has 1 aromatic heterocycles. The molecule has 3 fully saturated rings. The first kappa shape index (κ1) is 25.7. The molecule has 7 nitrogen and oxygen atoms in total. The number of piperazine rings is 1. The van der Waals surface area contributed by atoms with Crippen LogP contribution in [0.3, 0.4) is 0 Å². The smallest absolute Gasteiger partial charge is 0.319 e. The number of anilines is 1. The van der Waals surface area contributed by atoms with Crippen molar-refractivity contribution in [2.45, 2.75) is 44.2 Å². The predicted octanol–water partition coefficient (Wildman–Crippen LogP) is 5.75. The molecule has 4 aromatic rings. The molecule has 4 heterocycles. The molecule has 3 aliphatic rings. The Balaban J connectivity index is 1.33. The number of hydrogen-bond acceptors (Lipinski definition) is 7. The summed E-state index contributed by atoms with van der Waals surface area (Å²) in [6.07, 6.45) is 5.93. The summed E-state index contributed by atoms with van der Waals surface area (Å²) in [4.78, 5) is 14.1. The summed E-state index contributed by atoms with van der Waals surface area (Å²) >= 11 is 6.84. The van der Waals surface area contributed by atoms with Crippen LogP contribution in [0.15, 0.2) is 42.5 Å². The van der Waals surface area contributed by atoms with Gasteiger partial charge in [-0.3, -0.25) is 4.90 Å². The maximum Gasteiger partial charge on any atom is 0.319 e. The van der Waals surface area contributed by atoms with E-state index < -0.39 is 5.82 Å². The Labute approximate surface area is 237 Å². The SMILES string of the molecule is Oc1cc(-c2c(Cl)cc3c(N4CC5CCC(C4)N5)nc(OCCN4CCCCC4)nc3c2F)c2ccccc2c1. The summed E-state index contributed by atoms with van der Waals surface area (Å²) in [6.45, 7) is 4.95. The normalized spacial score (nSPS) is 21.4. The first-order chi connectivity index (χ1) is 19.5. The number of phenolic OH excluding ortho intramolecular Hbond substituents is 1. The van der Waals surface area contributed by atoms with Crippen molar-refractivity contribution < 1.29 is 14.2 Å². The van der Waals surface area contributed by atoms with Gasteiger partial charge in [-0.25, -0.2) is 4.39 Å². The zero-order chi connectivity index (χ0) is 27.2. The summed E-state index contributed by atoms with van der Waals surface area (Å²) in [6, 6.07) is 13.5. The van der Waals surface area contributed by atoms with Crippen molar-refractivity contribution >= 4 is 39.1 Å². The lowest BCUT2D eigenvalue weighted by Gasteiger charge is -2.34. The number of likely N-dealkylation sites (tertiary alicyclic amines) is 1. The Morgan fingerprint density at radius 1 is 1.00 bits per heavy atom. The molecule has 40 heavy (non-hydrogen) atoms. The Morgan fingerprint density at radius 2 is 1.77 bits per heavy atom. The second-order valence-corrected chi connectivity index (χ2v) is 11.7. The molecule has 0 spiro atoms. The van der Waals surface area contributed by atoms with E-state index >= 15 is 4.39 Å². The largest absolute Gasteiger partial charge is 0.508 e. The number of fused-ring (bicyclic) bond motifs is 4. The van der Waals surface area contributed by atoms with Gasteiger partial charge in [-0.05, 0) is 73.3 Å². The van der Waals surface area contributed by atoms with Gasteiger partial charge >= 0.3 is 6.01 Å². The zero-order valence-corrected chi connectivity index (χ0v) is 23.1. The fraction of sp³-hybridized carbons (Fsp3) is 0.419. The average molecular weight is 562 g/mol. The third kappa shape index (κ3) is 4.82. The Kier molecular flexibility index (Phi) is 6.86. The number of piperidine rings is 1. The standard InChI is InChI=1S/C31H33ClFN5O2/c32-26-16-25-29(28(33)27(26)24-15-22(39)14-19-6-2-3-7-23(19)24)35-31(40-13-12-37-10-4-1-5-11-37)36-30(25)38-17-20-8-9-21(18-38)34-20/h2-3,6-7,14-16,20-21,34,39H,1,4-5,8-13,17-18H2. The summed E-state index contributed by atoms with van der Waals surface area (Å²) < 4.78 is 22.7. The van der Waals surface area contributed by atoms with Gasteiger partial charge in [-0.2, -0.15) is 9.97 Å². The van der Waals surface area contributed by atoms with Gasteiger partial charge in [0.05, 0.1) is 5.02 Å². The van der Waals surface area contributed by atoms with Crippen LogP contribution in [0.4, 0.5) is 10.2 Å². The summed E-state index contributed by atoms with van der Waals surface area (Å²) in [5, 5.41) is 16.5. The summed E-state index contributed by atoms with van der Waals surface area (Å²) in [5.41, 5.74) is 0.911. The molecule has 0 radical (unpaired) electrons. The molecule has 3 saturated heterocycles. The monoisotopic (exact) mass is 561 g/mol. The Morgan fingerprint density at radius 3 is 2.58 bits per heavy atom. The van der Waals surface area contributed by atoms with Gasteiger partial charge in [0.1, 0.15) is 23.7 Å². The molecule has 2 bridgehead atoms. The lowest BCUT2D eigenvalue weighted by molar-refractivity contribution is 0.177. The highest BCUT2D eigenvalue weighted by Gasteiger charge is 2.34. The number of halogens is 2. The highest BCUT2D eigenvalue weighted by Crippen LogP contribution is 2.42. The van der Waals surface area contributed by atoms with E-state index in [1.54, 1.807) is 18.2 Å². The van der Waals surface area contributed by atoms with Gasteiger partial charge in [0.15, 0.2) is 5.82 Å². The van der Waals surface area contributed by atoms with Crippen molar-refractivity contribution in [3.63, 3.8) is 0 Å². The molecule has 0 amide bonds. The molecular weight excluding hydrogens is 529 g/mol. The average Bonchev–Trinajstić information content (AvgIpc) is 3.30. The first-order valence-electron chi connectivity index (χ1n) is 14.3. The molecule has 3 aliphatic heterocycles. The maximum atomic E-state index is 16.6. The van der Waals surface area contributed by atoms with Gasteiger partial charge in [-0.1, -0.05) is 42.3 Å². The molecule has 3 aromatic carbocycles. The van der Waals surface area contributed by atoms with Crippen LogP contribution in [0.25, 0.3) is 32.8 Å². The number of aromatic nitrogens is 2. The molecule has 2 unspecified atom stereocenters. The number of rotatable bonds is 6. The van der Waals surface area contributed by atoms with E-state index in [1.165, 1.54) is 19.3 Å². The van der Waals surface area contributed by atoms with E-state index in [2.05, 4.69) is 20.1 Å². The fourth-order valence-electron chi connectivity index (χ4n) is 6.63. The molecule has 7 rings (SSSR count). The number of nitrogens with one attached hydrogen (secondary N) is 1. The Bertz CT molecular complexity index is 1570. The van der Waals surface area contributed by atoms with Gasteiger partial charge in [-0.15, -0.1) is 0 Å². The third-order valence-corrected chi connectivity index (χ3v) is 8.86. The maximum absolute atomic E-state index is 16.6. The van der Waals surface area contributed by atoms with Crippen molar-refractivity contribution in [1.29, 1.82) is 0 Å². The van der Waals surface area contributed by atoms with E-state index in [9.17, 15) is 5.11 Å². The first-order valence-corrected chi connectivity index (χ1v) is 14.7. The van der Waals surface area contributed by atoms with Gasteiger partial charge in [0, 0.05) is 42.7 Å². The van der Waals surface area contributed by atoms with Gasteiger partial charge in [0.2, 0.25) is 0 Å². The van der Waals surface area contributed by atoms with E-state index in [0.29, 0.717) is 35.5 Å². The minimum atomic E-state index is -0.541. The number of nitrogens with zero attached hydrogens (tertiary/aromatic N) is 4. The van der Waals surface area contributed by atoms with Gasteiger partial charge < -0.3 is 20.1 Å². The number of hydrogen-bond donors (Lipinski definition) is 2. The zero-order valence-electron chi connectivity index (χ0n) is 22.4. The lowest BCUT2D eigenvalue weighted by Crippen LogP contribution is -2.51. The van der Waals surface area contributed by atoms with Crippen molar-refractivity contribution in [2.75, 3.05) is 44.2 Å². The van der Waals surface area contributed by atoms with Crippen LogP contribution in [-0.2, 0) is 0 Å². The third-order valence-electron chi connectivity index (χ3n) is 8.56. The van der Waals surface area contributed by atoms with Crippen molar-refractivity contribution in [2.24, 2.45) is 0 Å². The lowest BCUT2D eigenvalue weighted by atomic mass is 9.96. The molecule has 2 atom stereocenters. The van der Waals surface area contributed by atoms with Crippen molar-refractivity contribution in [3.05, 3.63) is 53.3 Å². The molecular formula is C31H33ClFN5O2. The number of phenols is 1. The Hall–Kier alpha value is -3.20. The minimum absolute atomic E-state index is 0.0469. The number of ether oxygens (including phenoxy) is 1. The molecule has 2 N–H and O–H groups in total.